The number of benzene rings is 2. The van der Waals surface area contributed by atoms with Gasteiger partial charge in [0.15, 0.2) is 0 Å². The van der Waals surface area contributed by atoms with Gasteiger partial charge in [0.25, 0.3) is 0 Å². The zero-order valence-corrected chi connectivity index (χ0v) is 20.4. The van der Waals surface area contributed by atoms with Gasteiger partial charge in [-0.15, -0.1) is 0 Å². The normalized spacial score (nSPS) is 14.5. The number of para-hydroxylation sites is 1. The van der Waals surface area contributed by atoms with E-state index < -0.39 is 0 Å². The highest BCUT2D eigenvalue weighted by molar-refractivity contribution is 5.92. The third-order valence-corrected chi connectivity index (χ3v) is 6.40. The quantitative estimate of drug-likeness (QED) is 0.447. The maximum atomic E-state index is 12.1. The fourth-order valence-corrected chi connectivity index (χ4v) is 4.64. The van der Waals surface area contributed by atoms with Gasteiger partial charge in [-0.25, -0.2) is 4.98 Å². The summed E-state index contributed by atoms with van der Waals surface area (Å²) in [4.78, 5) is 23.9. The van der Waals surface area contributed by atoms with Crippen LogP contribution in [0.3, 0.4) is 0 Å². The van der Waals surface area contributed by atoms with Crippen LogP contribution in [0.15, 0.2) is 79.0 Å². The lowest BCUT2D eigenvalue weighted by Gasteiger charge is -2.36. The number of likely N-dealkylation sites (N-methyl/N-ethyl adjacent to an activating group) is 1. The van der Waals surface area contributed by atoms with E-state index in [0.29, 0.717) is 6.54 Å². The number of aromatic nitrogens is 2. The van der Waals surface area contributed by atoms with Gasteiger partial charge >= 0.3 is 0 Å². The van der Waals surface area contributed by atoms with E-state index in [1.807, 2.05) is 49.3 Å². The summed E-state index contributed by atoms with van der Waals surface area (Å²) in [7, 11) is 3.77. The van der Waals surface area contributed by atoms with Crippen LogP contribution in [0.25, 0.3) is 16.9 Å². The Labute approximate surface area is 206 Å². The summed E-state index contributed by atoms with van der Waals surface area (Å²) < 4.78 is 2.20. The molecule has 1 fully saturated rings. The minimum Gasteiger partial charge on any atom is -0.369 e. The summed E-state index contributed by atoms with van der Waals surface area (Å²) in [5, 5.41) is 2.96. The maximum absolute atomic E-state index is 12.1. The van der Waals surface area contributed by atoms with E-state index in [0.717, 1.165) is 55.3 Å². The summed E-state index contributed by atoms with van der Waals surface area (Å²) in [5.41, 5.74) is 6.27. The first kappa shape index (κ1) is 23.1. The van der Waals surface area contributed by atoms with E-state index in [-0.39, 0.29) is 5.91 Å². The first-order chi connectivity index (χ1) is 17.1. The molecule has 180 valence electrons. The topological polar surface area (TPSA) is 56.1 Å². The van der Waals surface area contributed by atoms with Crippen LogP contribution in [0.5, 0.6) is 0 Å². The first-order valence-corrected chi connectivity index (χ1v) is 12.1. The zero-order chi connectivity index (χ0) is 24.2. The molecule has 1 saturated heterocycles. The van der Waals surface area contributed by atoms with Crippen molar-refractivity contribution in [2.45, 2.75) is 6.54 Å². The fourth-order valence-electron chi connectivity index (χ4n) is 4.64. The molecule has 1 N–H and O–H groups in total. The Hall–Kier alpha value is -3.68. The van der Waals surface area contributed by atoms with Crippen LogP contribution in [-0.4, -0.2) is 71.9 Å². The molecule has 0 unspecified atom stereocenters. The van der Waals surface area contributed by atoms with E-state index in [4.69, 9.17) is 4.98 Å². The molecule has 5 rings (SSSR count). The number of amides is 1. The molecule has 3 heterocycles. The van der Waals surface area contributed by atoms with Gasteiger partial charge in [0.05, 0.1) is 17.9 Å². The van der Waals surface area contributed by atoms with Gasteiger partial charge in [-0.1, -0.05) is 36.4 Å². The second-order valence-electron chi connectivity index (χ2n) is 9.30. The number of pyridine rings is 1. The minimum absolute atomic E-state index is 0.0224. The molecule has 35 heavy (non-hydrogen) atoms. The number of imidazole rings is 1. The van der Waals surface area contributed by atoms with Crippen LogP contribution < -0.4 is 10.2 Å². The zero-order valence-electron chi connectivity index (χ0n) is 20.4. The van der Waals surface area contributed by atoms with Crippen molar-refractivity contribution in [3.63, 3.8) is 0 Å². The van der Waals surface area contributed by atoms with E-state index in [2.05, 4.69) is 68.2 Å². The highest BCUT2D eigenvalue weighted by atomic mass is 16.2. The van der Waals surface area contributed by atoms with E-state index in [1.165, 1.54) is 11.4 Å². The Morgan fingerprint density at radius 2 is 1.63 bits per heavy atom. The van der Waals surface area contributed by atoms with Crippen LogP contribution in [0, 0.1) is 0 Å². The molecule has 4 aromatic rings. The number of rotatable bonds is 7. The molecule has 1 aliphatic rings. The largest absolute Gasteiger partial charge is 0.369 e. The van der Waals surface area contributed by atoms with Crippen LogP contribution >= 0.6 is 0 Å². The molecule has 2 aromatic carbocycles. The minimum atomic E-state index is -0.0224. The van der Waals surface area contributed by atoms with Crippen LogP contribution in [0.4, 0.5) is 11.4 Å². The molecule has 7 heteroatoms. The van der Waals surface area contributed by atoms with Crippen molar-refractivity contribution < 1.29 is 4.79 Å². The standard InChI is InChI=1S/C28H32N6O/c1-31(2)21-27(35)29-23-13-11-22(12-14-23)28-25(34-15-7-6-10-26(34)30-28)20-32-16-18-33(19-17-32)24-8-4-3-5-9-24/h3-15H,16-21H2,1-2H3,(H,29,35). The fraction of sp³-hybridized carbons (Fsp3) is 0.286. The molecule has 2 aromatic heterocycles. The van der Waals surface area contributed by atoms with Gasteiger partial charge in [0, 0.05) is 55.9 Å². The van der Waals surface area contributed by atoms with Gasteiger partial charge in [0.2, 0.25) is 5.91 Å². The van der Waals surface area contributed by atoms with Crippen molar-refractivity contribution in [1.82, 2.24) is 19.2 Å². The Bertz CT molecular complexity index is 1270. The molecule has 0 spiro atoms. The molecule has 0 saturated carbocycles. The highest BCUT2D eigenvalue weighted by Crippen LogP contribution is 2.27. The number of hydrogen-bond donors (Lipinski definition) is 1. The van der Waals surface area contributed by atoms with Crippen molar-refractivity contribution in [2.24, 2.45) is 0 Å². The lowest BCUT2D eigenvalue weighted by Crippen LogP contribution is -2.46. The molecule has 0 bridgehead atoms. The number of carbonyl (C=O) groups is 1. The van der Waals surface area contributed by atoms with Gasteiger partial charge in [0.1, 0.15) is 5.65 Å². The summed E-state index contributed by atoms with van der Waals surface area (Å²) in [5.74, 6) is -0.0224. The second-order valence-corrected chi connectivity index (χ2v) is 9.30. The predicted octanol–water partition coefficient (Wildman–Crippen LogP) is 3.82. The summed E-state index contributed by atoms with van der Waals surface area (Å²) in [6.45, 7) is 5.23. The molecular weight excluding hydrogens is 436 g/mol. The van der Waals surface area contributed by atoms with Crippen LogP contribution in [0.2, 0.25) is 0 Å². The number of fused-ring (bicyclic) bond motifs is 1. The Morgan fingerprint density at radius 3 is 2.34 bits per heavy atom. The first-order valence-electron chi connectivity index (χ1n) is 12.1. The number of nitrogens with one attached hydrogen (secondary N) is 1. The van der Waals surface area contributed by atoms with Gasteiger partial charge in [-0.2, -0.15) is 0 Å². The molecular formula is C28H32N6O. The molecule has 0 radical (unpaired) electrons. The molecule has 1 amide bonds. The maximum Gasteiger partial charge on any atom is 0.238 e. The van der Waals surface area contributed by atoms with E-state index in [9.17, 15) is 4.79 Å². The van der Waals surface area contributed by atoms with Crippen molar-refractivity contribution in [3.05, 3.63) is 84.7 Å². The third-order valence-electron chi connectivity index (χ3n) is 6.40. The Balaban J connectivity index is 1.34. The number of nitrogens with zero attached hydrogens (tertiary/aromatic N) is 5. The Morgan fingerprint density at radius 1 is 0.914 bits per heavy atom. The number of piperazine rings is 1. The van der Waals surface area contributed by atoms with Crippen molar-refractivity contribution in [3.8, 4) is 11.3 Å². The van der Waals surface area contributed by atoms with E-state index in [1.54, 1.807) is 0 Å². The monoisotopic (exact) mass is 468 g/mol. The number of hydrogen-bond acceptors (Lipinski definition) is 5. The summed E-state index contributed by atoms with van der Waals surface area (Å²) in [6.07, 6.45) is 2.09. The number of carbonyl (C=O) groups excluding carboxylic acids is 1. The third kappa shape index (κ3) is 5.37. The van der Waals surface area contributed by atoms with Crippen LogP contribution in [-0.2, 0) is 11.3 Å². The molecule has 0 atom stereocenters. The Kier molecular flexibility index (Phi) is 6.79. The van der Waals surface area contributed by atoms with Gasteiger partial charge in [-0.3, -0.25) is 9.69 Å². The SMILES string of the molecule is CN(C)CC(=O)Nc1ccc(-c2nc3ccccn3c2CN2CCN(c3ccccc3)CC2)cc1. The molecule has 7 nitrogen and oxygen atoms in total. The predicted molar refractivity (Wildman–Crippen MR) is 142 cm³/mol. The molecule has 1 aliphatic heterocycles. The second kappa shape index (κ2) is 10.3. The van der Waals surface area contributed by atoms with Crippen molar-refractivity contribution in [2.75, 3.05) is 57.0 Å². The lowest BCUT2D eigenvalue weighted by atomic mass is 10.1. The number of anilines is 2. The average molecular weight is 469 g/mol. The van der Waals surface area contributed by atoms with Gasteiger partial charge < -0.3 is 19.5 Å². The van der Waals surface area contributed by atoms with Crippen molar-refractivity contribution in [1.29, 1.82) is 0 Å². The van der Waals surface area contributed by atoms with Crippen molar-refractivity contribution >= 4 is 22.9 Å². The van der Waals surface area contributed by atoms with E-state index >= 15 is 0 Å². The van der Waals surface area contributed by atoms with Gasteiger partial charge in [-0.05, 0) is 50.5 Å². The lowest BCUT2D eigenvalue weighted by molar-refractivity contribution is -0.116. The highest BCUT2D eigenvalue weighted by Gasteiger charge is 2.21. The summed E-state index contributed by atoms with van der Waals surface area (Å²) in [6, 6.07) is 24.8. The molecule has 0 aliphatic carbocycles. The average Bonchev–Trinajstić information content (AvgIpc) is 3.23. The smallest absolute Gasteiger partial charge is 0.238 e. The summed E-state index contributed by atoms with van der Waals surface area (Å²) >= 11 is 0. The van der Waals surface area contributed by atoms with Crippen LogP contribution in [0.1, 0.15) is 5.69 Å².